The molecule has 145 valence electrons. The van der Waals surface area contributed by atoms with E-state index in [0.717, 1.165) is 6.42 Å². The fourth-order valence-corrected chi connectivity index (χ4v) is 6.13. The first-order valence-electron chi connectivity index (χ1n) is 10.5. The topological polar surface area (TPSA) is 0 Å². The zero-order valence-corrected chi connectivity index (χ0v) is 18.9. The summed E-state index contributed by atoms with van der Waals surface area (Å²) in [7, 11) is -0.426. The van der Waals surface area contributed by atoms with Gasteiger partial charge >= 0.3 is 0 Å². The molecule has 0 nitrogen and oxygen atoms in total. The number of allylic oxidation sites excluding steroid dienone is 4. The Balaban J connectivity index is 1.73. The molecule has 2 aliphatic carbocycles. The summed E-state index contributed by atoms with van der Waals surface area (Å²) in [5.74, 6) is 0.901. The van der Waals surface area contributed by atoms with E-state index in [1.54, 1.807) is 0 Å². The van der Waals surface area contributed by atoms with Gasteiger partial charge in [-0.2, -0.15) is 0 Å². The summed E-state index contributed by atoms with van der Waals surface area (Å²) in [6.45, 7) is 7.16. The van der Waals surface area contributed by atoms with Gasteiger partial charge in [0.15, 0.2) is 0 Å². The van der Waals surface area contributed by atoms with Crippen molar-refractivity contribution in [3.05, 3.63) is 84.0 Å². The Labute approximate surface area is 176 Å². The largest absolute Gasteiger partial charge is 0.127 e. The van der Waals surface area contributed by atoms with Crippen LogP contribution in [-0.4, -0.2) is 13.8 Å². The summed E-state index contributed by atoms with van der Waals surface area (Å²) in [4.78, 5) is 0. The van der Waals surface area contributed by atoms with Gasteiger partial charge in [-0.25, -0.2) is 0 Å². The molecule has 1 radical (unpaired) electrons. The third-order valence-corrected chi connectivity index (χ3v) is 9.87. The lowest BCUT2D eigenvalue weighted by Gasteiger charge is -2.41. The van der Waals surface area contributed by atoms with Crippen LogP contribution >= 0.6 is 11.6 Å². The zero-order valence-electron chi connectivity index (χ0n) is 17.2. The van der Waals surface area contributed by atoms with Crippen molar-refractivity contribution in [2.45, 2.75) is 50.2 Å². The number of fused-ring (bicyclic) bond motifs is 3. The first kappa shape index (κ1) is 19.7. The number of hydrogen-bond acceptors (Lipinski definition) is 0. The molecule has 2 unspecified atom stereocenters. The average Bonchev–Trinajstić information content (AvgIpc) is 3.35. The number of benzene rings is 2. The van der Waals surface area contributed by atoms with E-state index < -0.39 is 8.80 Å². The maximum absolute atomic E-state index is 6.64. The van der Waals surface area contributed by atoms with Crippen LogP contribution in [0, 0.1) is 11.3 Å². The Kier molecular flexibility index (Phi) is 5.67. The Morgan fingerprint density at radius 3 is 2.00 bits per heavy atom. The van der Waals surface area contributed by atoms with Crippen LogP contribution in [0.1, 0.15) is 43.2 Å². The fourth-order valence-electron chi connectivity index (χ4n) is 5.19. The first-order valence-corrected chi connectivity index (χ1v) is 13.5. The van der Waals surface area contributed by atoms with E-state index in [0.29, 0.717) is 16.8 Å². The molecule has 0 spiro atoms. The Morgan fingerprint density at radius 1 is 0.929 bits per heavy atom. The lowest BCUT2D eigenvalue weighted by molar-refractivity contribution is 0.206. The molecule has 2 atom stereocenters. The van der Waals surface area contributed by atoms with Gasteiger partial charge in [0.1, 0.15) is 0 Å². The second-order valence-corrected chi connectivity index (χ2v) is 12.6. The van der Waals surface area contributed by atoms with Crippen molar-refractivity contribution in [1.29, 1.82) is 0 Å². The van der Waals surface area contributed by atoms with E-state index in [2.05, 4.69) is 92.9 Å². The molecule has 0 aromatic heterocycles. The Morgan fingerprint density at radius 2 is 1.46 bits per heavy atom. The van der Waals surface area contributed by atoms with Gasteiger partial charge in [0.25, 0.3) is 0 Å². The van der Waals surface area contributed by atoms with Crippen molar-refractivity contribution in [1.82, 2.24) is 0 Å². The van der Waals surface area contributed by atoms with Crippen LogP contribution in [0.5, 0.6) is 0 Å². The highest BCUT2D eigenvalue weighted by atomic mass is 35.5. The number of rotatable bonds is 7. The molecule has 0 heterocycles. The molecule has 0 fully saturated rings. The third-order valence-electron chi connectivity index (χ3n) is 6.80. The van der Waals surface area contributed by atoms with Gasteiger partial charge < -0.3 is 0 Å². The molecule has 0 saturated heterocycles. The van der Waals surface area contributed by atoms with Crippen LogP contribution < -0.4 is 0 Å². The second kappa shape index (κ2) is 8.04. The summed E-state index contributed by atoms with van der Waals surface area (Å²) < 4.78 is 0. The van der Waals surface area contributed by atoms with Gasteiger partial charge in [0.2, 0.25) is 0 Å². The van der Waals surface area contributed by atoms with Crippen LogP contribution in [-0.2, 0) is 0 Å². The van der Waals surface area contributed by atoms with Gasteiger partial charge in [-0.3, -0.25) is 0 Å². The van der Waals surface area contributed by atoms with Gasteiger partial charge in [-0.1, -0.05) is 99.3 Å². The van der Waals surface area contributed by atoms with E-state index in [-0.39, 0.29) is 5.41 Å². The van der Waals surface area contributed by atoms with Gasteiger partial charge in [0.05, 0.1) is 8.80 Å². The summed E-state index contributed by atoms with van der Waals surface area (Å²) in [5, 5.41) is 0.368. The Hall–Kier alpha value is -1.57. The van der Waals surface area contributed by atoms with E-state index in [1.165, 1.54) is 35.1 Å². The molecule has 2 aromatic carbocycles. The minimum Gasteiger partial charge on any atom is -0.127 e. The van der Waals surface area contributed by atoms with Crippen molar-refractivity contribution in [2.24, 2.45) is 11.3 Å². The highest BCUT2D eigenvalue weighted by Gasteiger charge is 2.45. The van der Waals surface area contributed by atoms with Crippen LogP contribution in [0.2, 0.25) is 13.1 Å². The molecule has 4 rings (SSSR count). The van der Waals surface area contributed by atoms with Crippen LogP contribution in [0.15, 0.2) is 72.8 Å². The zero-order chi connectivity index (χ0) is 19.7. The number of hydrogen-bond donors (Lipinski definition) is 0. The predicted octanol–water partition coefficient (Wildman–Crippen LogP) is 7.62. The van der Waals surface area contributed by atoms with Crippen molar-refractivity contribution in [3.63, 3.8) is 0 Å². The fraction of sp³-hybridized carbons (Fsp3) is 0.385. The standard InChI is InChI=1S/C26H30ClSi/c1-26(19-11-4-5-12-19,18-10-17-24(27)28(2)3)25-22-15-8-6-13-20(22)21-14-7-9-16-23(21)25/h4-9,11-16,19,24-25H,10,17-18H2,1-3H3. The highest BCUT2D eigenvalue weighted by Crippen LogP contribution is 2.58. The molecule has 2 aromatic rings. The average molecular weight is 406 g/mol. The van der Waals surface area contributed by atoms with Crippen molar-refractivity contribution in [2.75, 3.05) is 0 Å². The Bertz CT molecular complexity index is 839. The molecule has 0 saturated carbocycles. The van der Waals surface area contributed by atoms with Crippen molar-refractivity contribution in [3.8, 4) is 11.1 Å². The molecule has 0 bridgehead atoms. The molecule has 0 aliphatic heterocycles. The molecule has 28 heavy (non-hydrogen) atoms. The normalized spacial score (nSPS) is 19.0. The monoisotopic (exact) mass is 405 g/mol. The van der Waals surface area contributed by atoms with Crippen molar-refractivity contribution < 1.29 is 0 Å². The second-order valence-electron chi connectivity index (χ2n) is 8.85. The van der Waals surface area contributed by atoms with Gasteiger partial charge in [0, 0.05) is 16.8 Å². The quantitative estimate of drug-likeness (QED) is 0.328. The van der Waals surface area contributed by atoms with E-state index >= 15 is 0 Å². The van der Waals surface area contributed by atoms with E-state index in [1.807, 2.05) is 0 Å². The maximum Gasteiger partial charge on any atom is 0.0635 e. The molecule has 2 heteroatoms. The maximum atomic E-state index is 6.64. The molecule has 2 aliphatic rings. The van der Waals surface area contributed by atoms with E-state index in [9.17, 15) is 0 Å². The van der Waals surface area contributed by atoms with E-state index in [4.69, 9.17) is 11.6 Å². The summed E-state index contributed by atoms with van der Waals surface area (Å²) in [6.07, 6.45) is 12.8. The molecule has 0 N–H and O–H groups in total. The lowest BCUT2D eigenvalue weighted by Crippen LogP contribution is -2.32. The minimum absolute atomic E-state index is 0.150. The summed E-state index contributed by atoms with van der Waals surface area (Å²) in [6, 6.07) is 18.1. The van der Waals surface area contributed by atoms with Crippen LogP contribution in [0.3, 0.4) is 0 Å². The minimum atomic E-state index is -0.426. The van der Waals surface area contributed by atoms with Gasteiger partial charge in [-0.15, -0.1) is 11.6 Å². The highest BCUT2D eigenvalue weighted by molar-refractivity contribution is 6.67. The van der Waals surface area contributed by atoms with Crippen LogP contribution in [0.4, 0.5) is 0 Å². The number of alkyl halides is 1. The smallest absolute Gasteiger partial charge is 0.0635 e. The van der Waals surface area contributed by atoms with Crippen LogP contribution in [0.25, 0.3) is 11.1 Å². The third kappa shape index (κ3) is 3.44. The molecular formula is C26H30ClSi. The molecule has 0 amide bonds. The lowest BCUT2D eigenvalue weighted by atomic mass is 9.62. The summed E-state index contributed by atoms with van der Waals surface area (Å²) >= 11 is 6.64. The van der Waals surface area contributed by atoms with Crippen molar-refractivity contribution >= 4 is 20.4 Å². The SMILES string of the molecule is C[Si](C)C(Cl)CCCC(C)(C1C=CC=C1)C1c2ccccc2-c2ccccc21. The van der Waals surface area contributed by atoms with Gasteiger partial charge in [-0.05, 0) is 40.5 Å². The first-order chi connectivity index (χ1) is 13.5. The predicted molar refractivity (Wildman–Crippen MR) is 125 cm³/mol. The molecular weight excluding hydrogens is 376 g/mol. The summed E-state index contributed by atoms with van der Waals surface area (Å²) in [5.41, 5.74) is 5.99. The number of halogens is 1.